The second-order valence-corrected chi connectivity index (χ2v) is 5.58. The van der Waals surface area contributed by atoms with E-state index in [0.717, 1.165) is 5.56 Å². The fraction of sp³-hybridized carbons (Fsp3) is 0.278. The quantitative estimate of drug-likeness (QED) is 0.829. The highest BCUT2D eigenvalue weighted by Crippen LogP contribution is 2.29. The van der Waals surface area contributed by atoms with Crippen molar-refractivity contribution in [3.05, 3.63) is 53.1 Å². The van der Waals surface area contributed by atoms with Gasteiger partial charge in [-0.25, -0.2) is 0 Å². The number of amides is 1. The van der Waals surface area contributed by atoms with Gasteiger partial charge in [0.15, 0.2) is 18.1 Å². The van der Waals surface area contributed by atoms with Gasteiger partial charge < -0.3 is 19.5 Å². The summed E-state index contributed by atoms with van der Waals surface area (Å²) in [4.78, 5) is 12.0. The van der Waals surface area contributed by atoms with Crippen LogP contribution in [-0.4, -0.2) is 26.7 Å². The molecule has 1 atom stereocenters. The standard InChI is InChI=1S/C18H20ClNO4/c1-12(13-4-9-16(22-2)17(10-13)23-3)20-18(21)11-24-15-7-5-14(19)6-8-15/h4-10,12H,11H2,1-3H3,(H,20,21)/t12-/m1/s1. The molecule has 128 valence electrons. The molecule has 6 heteroatoms. The molecular formula is C18H20ClNO4. The molecule has 0 bridgehead atoms. The molecule has 2 aromatic rings. The molecule has 0 aliphatic carbocycles. The number of ether oxygens (including phenoxy) is 3. The Morgan fingerprint density at radius 3 is 2.38 bits per heavy atom. The molecule has 1 amide bonds. The molecule has 0 aromatic heterocycles. The van der Waals surface area contributed by atoms with Crippen molar-refractivity contribution in [3.8, 4) is 17.2 Å². The van der Waals surface area contributed by atoms with E-state index in [0.29, 0.717) is 22.3 Å². The van der Waals surface area contributed by atoms with E-state index in [2.05, 4.69) is 5.32 Å². The zero-order valence-electron chi connectivity index (χ0n) is 13.8. The Hall–Kier alpha value is -2.40. The van der Waals surface area contributed by atoms with Crippen LogP contribution in [0.25, 0.3) is 0 Å². The average Bonchev–Trinajstić information content (AvgIpc) is 2.60. The predicted octanol–water partition coefficient (Wildman–Crippen LogP) is 3.61. The molecule has 0 aliphatic heterocycles. The maximum absolute atomic E-state index is 12.0. The number of rotatable bonds is 7. The van der Waals surface area contributed by atoms with Crippen molar-refractivity contribution in [1.29, 1.82) is 0 Å². The summed E-state index contributed by atoms with van der Waals surface area (Å²) < 4.78 is 15.9. The molecule has 5 nitrogen and oxygen atoms in total. The second-order valence-electron chi connectivity index (χ2n) is 5.15. The molecule has 0 unspecified atom stereocenters. The van der Waals surface area contributed by atoms with Gasteiger partial charge in [0.25, 0.3) is 5.91 Å². The Morgan fingerprint density at radius 2 is 1.75 bits per heavy atom. The molecule has 0 radical (unpaired) electrons. The van der Waals surface area contributed by atoms with Crippen molar-refractivity contribution in [2.75, 3.05) is 20.8 Å². The minimum absolute atomic E-state index is 0.0702. The zero-order valence-corrected chi connectivity index (χ0v) is 14.6. The van der Waals surface area contributed by atoms with Crippen molar-refractivity contribution in [3.63, 3.8) is 0 Å². The summed E-state index contributed by atoms with van der Waals surface area (Å²) in [7, 11) is 3.15. The van der Waals surface area contributed by atoms with Crippen molar-refractivity contribution in [2.24, 2.45) is 0 Å². The molecule has 0 spiro atoms. The Bertz CT molecular complexity index is 688. The fourth-order valence-corrected chi connectivity index (χ4v) is 2.29. The Labute approximate surface area is 146 Å². The third-order valence-corrected chi connectivity index (χ3v) is 3.72. The summed E-state index contributed by atoms with van der Waals surface area (Å²) in [5.74, 6) is 1.64. The summed E-state index contributed by atoms with van der Waals surface area (Å²) in [6, 6.07) is 12.2. The van der Waals surface area contributed by atoms with Crippen molar-refractivity contribution in [2.45, 2.75) is 13.0 Å². The number of methoxy groups -OCH3 is 2. The van der Waals surface area contributed by atoms with Crippen LogP contribution in [0.5, 0.6) is 17.2 Å². The van der Waals surface area contributed by atoms with Crippen LogP contribution in [0.4, 0.5) is 0 Å². The lowest BCUT2D eigenvalue weighted by atomic mass is 10.1. The largest absolute Gasteiger partial charge is 0.493 e. The number of hydrogen-bond donors (Lipinski definition) is 1. The predicted molar refractivity (Wildman–Crippen MR) is 93.1 cm³/mol. The van der Waals surface area contributed by atoms with Gasteiger partial charge in [0.05, 0.1) is 20.3 Å². The van der Waals surface area contributed by atoms with Crippen LogP contribution in [0.15, 0.2) is 42.5 Å². The van der Waals surface area contributed by atoms with Gasteiger partial charge in [-0.3, -0.25) is 4.79 Å². The first-order valence-electron chi connectivity index (χ1n) is 7.43. The van der Waals surface area contributed by atoms with Crippen LogP contribution >= 0.6 is 11.6 Å². The first kappa shape index (κ1) is 17.9. The van der Waals surface area contributed by atoms with Crippen LogP contribution in [0.1, 0.15) is 18.5 Å². The van der Waals surface area contributed by atoms with Gasteiger partial charge in [0.2, 0.25) is 0 Å². The topological polar surface area (TPSA) is 56.8 Å². The number of carbonyl (C=O) groups excluding carboxylic acids is 1. The molecule has 0 aliphatic rings. The molecular weight excluding hydrogens is 330 g/mol. The Morgan fingerprint density at radius 1 is 1.08 bits per heavy atom. The van der Waals surface area contributed by atoms with Gasteiger partial charge in [-0.05, 0) is 48.9 Å². The fourth-order valence-electron chi connectivity index (χ4n) is 2.17. The number of carbonyl (C=O) groups is 1. The van der Waals surface area contributed by atoms with E-state index in [-0.39, 0.29) is 18.6 Å². The van der Waals surface area contributed by atoms with E-state index in [1.54, 1.807) is 44.6 Å². The molecule has 24 heavy (non-hydrogen) atoms. The van der Waals surface area contributed by atoms with Crippen LogP contribution < -0.4 is 19.5 Å². The normalized spacial score (nSPS) is 11.5. The summed E-state index contributed by atoms with van der Waals surface area (Å²) in [6.07, 6.45) is 0. The highest BCUT2D eigenvalue weighted by Gasteiger charge is 2.13. The van der Waals surface area contributed by atoms with Crippen LogP contribution in [0, 0.1) is 0 Å². The van der Waals surface area contributed by atoms with Gasteiger partial charge in [-0.2, -0.15) is 0 Å². The highest BCUT2D eigenvalue weighted by atomic mass is 35.5. The van der Waals surface area contributed by atoms with Gasteiger partial charge >= 0.3 is 0 Å². The summed E-state index contributed by atoms with van der Waals surface area (Å²) in [6.45, 7) is 1.82. The van der Waals surface area contributed by atoms with E-state index in [1.807, 2.05) is 19.1 Å². The average molecular weight is 350 g/mol. The molecule has 1 N–H and O–H groups in total. The Balaban J connectivity index is 1.92. The highest BCUT2D eigenvalue weighted by molar-refractivity contribution is 6.30. The van der Waals surface area contributed by atoms with E-state index >= 15 is 0 Å². The van der Waals surface area contributed by atoms with Gasteiger partial charge in [0.1, 0.15) is 5.75 Å². The lowest BCUT2D eigenvalue weighted by molar-refractivity contribution is -0.123. The minimum atomic E-state index is -0.216. The van der Waals surface area contributed by atoms with Crippen LogP contribution in [0.2, 0.25) is 5.02 Å². The van der Waals surface area contributed by atoms with Crippen molar-refractivity contribution >= 4 is 17.5 Å². The van der Waals surface area contributed by atoms with E-state index in [1.165, 1.54) is 0 Å². The molecule has 2 rings (SSSR count). The van der Waals surface area contributed by atoms with Crippen LogP contribution in [-0.2, 0) is 4.79 Å². The minimum Gasteiger partial charge on any atom is -0.493 e. The third-order valence-electron chi connectivity index (χ3n) is 3.47. The maximum Gasteiger partial charge on any atom is 0.258 e. The number of hydrogen-bond acceptors (Lipinski definition) is 4. The maximum atomic E-state index is 12.0. The van der Waals surface area contributed by atoms with Gasteiger partial charge in [-0.15, -0.1) is 0 Å². The monoisotopic (exact) mass is 349 g/mol. The van der Waals surface area contributed by atoms with E-state index in [9.17, 15) is 4.79 Å². The first-order valence-corrected chi connectivity index (χ1v) is 7.81. The van der Waals surface area contributed by atoms with Gasteiger partial charge in [-0.1, -0.05) is 17.7 Å². The molecule has 0 fully saturated rings. The summed E-state index contributed by atoms with van der Waals surface area (Å²) in [5.41, 5.74) is 0.910. The van der Waals surface area contributed by atoms with E-state index < -0.39 is 0 Å². The molecule has 0 saturated carbocycles. The molecule has 0 saturated heterocycles. The second kappa shape index (κ2) is 8.45. The summed E-state index contributed by atoms with van der Waals surface area (Å²) >= 11 is 5.80. The number of nitrogens with one attached hydrogen (secondary N) is 1. The van der Waals surface area contributed by atoms with Crippen molar-refractivity contribution in [1.82, 2.24) is 5.32 Å². The molecule has 2 aromatic carbocycles. The molecule has 0 heterocycles. The third kappa shape index (κ3) is 4.80. The van der Waals surface area contributed by atoms with Crippen LogP contribution in [0.3, 0.4) is 0 Å². The SMILES string of the molecule is COc1ccc([C@@H](C)NC(=O)COc2ccc(Cl)cc2)cc1OC. The number of halogens is 1. The Kier molecular flexibility index (Phi) is 6.32. The first-order chi connectivity index (χ1) is 11.5. The van der Waals surface area contributed by atoms with E-state index in [4.69, 9.17) is 25.8 Å². The lowest BCUT2D eigenvalue weighted by Gasteiger charge is -2.16. The lowest BCUT2D eigenvalue weighted by Crippen LogP contribution is -2.31. The van der Waals surface area contributed by atoms with Crippen molar-refractivity contribution < 1.29 is 19.0 Å². The zero-order chi connectivity index (χ0) is 17.5. The number of benzene rings is 2. The summed E-state index contributed by atoms with van der Waals surface area (Å²) in [5, 5.41) is 3.50. The van der Waals surface area contributed by atoms with Gasteiger partial charge in [0, 0.05) is 5.02 Å². The smallest absolute Gasteiger partial charge is 0.258 e.